The Morgan fingerprint density at radius 3 is 3.07 bits per heavy atom. The molecular formula is C15H14. The van der Waals surface area contributed by atoms with Gasteiger partial charge in [-0.1, -0.05) is 36.4 Å². The van der Waals surface area contributed by atoms with Crippen molar-refractivity contribution in [2.24, 2.45) is 0 Å². The minimum absolute atomic E-state index is 0.652. The summed E-state index contributed by atoms with van der Waals surface area (Å²) in [7, 11) is 0. The van der Waals surface area contributed by atoms with Crippen LogP contribution in [0.15, 0.2) is 35.9 Å². The third-order valence-electron chi connectivity index (χ3n) is 2.78. The van der Waals surface area contributed by atoms with E-state index < -0.39 is 0 Å². The number of allylic oxidation sites excluding steroid dienone is 2. The third kappa shape index (κ3) is 1.87. The molecule has 0 heterocycles. The summed E-state index contributed by atoms with van der Waals surface area (Å²) < 4.78 is 0. The highest BCUT2D eigenvalue weighted by Gasteiger charge is 2.13. The maximum atomic E-state index is 5.29. The Morgan fingerprint density at radius 2 is 2.33 bits per heavy atom. The molecular weight excluding hydrogens is 180 g/mol. The van der Waals surface area contributed by atoms with Gasteiger partial charge >= 0.3 is 0 Å². The van der Waals surface area contributed by atoms with Gasteiger partial charge in [0.15, 0.2) is 0 Å². The van der Waals surface area contributed by atoms with Crippen LogP contribution in [0.1, 0.15) is 23.1 Å². The molecule has 0 radical (unpaired) electrons. The van der Waals surface area contributed by atoms with E-state index in [2.05, 4.69) is 43.7 Å². The molecule has 1 aromatic carbocycles. The lowest BCUT2D eigenvalue weighted by Gasteiger charge is -2.02. The van der Waals surface area contributed by atoms with Gasteiger partial charge in [-0.3, -0.25) is 0 Å². The molecule has 0 nitrogen and oxygen atoms in total. The van der Waals surface area contributed by atoms with Crippen LogP contribution >= 0.6 is 0 Å². The average Bonchev–Trinajstić information content (AvgIpc) is 2.60. The Bertz CT molecular complexity index is 481. The second-order valence-electron chi connectivity index (χ2n) is 4.03. The molecule has 2 rings (SSSR count). The van der Waals surface area contributed by atoms with Crippen molar-refractivity contribution in [3.05, 3.63) is 52.6 Å². The molecule has 0 unspecified atom stereocenters. The summed E-state index contributed by atoms with van der Waals surface area (Å²) in [5.41, 5.74) is 6.38. The first kappa shape index (κ1) is 9.80. The predicted molar refractivity (Wildman–Crippen MR) is 65.5 cm³/mol. The second-order valence-corrected chi connectivity index (χ2v) is 4.03. The van der Waals surface area contributed by atoms with Crippen LogP contribution in [0.3, 0.4) is 0 Å². The first-order chi connectivity index (χ1) is 7.20. The molecule has 0 spiro atoms. The molecule has 74 valence electrons. The highest BCUT2D eigenvalue weighted by molar-refractivity contribution is 5.68. The van der Waals surface area contributed by atoms with E-state index in [9.17, 15) is 0 Å². The SMILES string of the molecule is C#CCC(=C)C1=Cc2ccc(C)cc2C1. The molecule has 1 aliphatic rings. The van der Waals surface area contributed by atoms with Crippen molar-refractivity contribution in [2.75, 3.05) is 0 Å². The Labute approximate surface area is 91.3 Å². The lowest BCUT2D eigenvalue weighted by molar-refractivity contribution is 1.15. The predicted octanol–water partition coefficient (Wildman–Crippen LogP) is 3.51. The number of hydrogen-bond donors (Lipinski definition) is 0. The molecule has 0 bridgehead atoms. The minimum atomic E-state index is 0.652. The quantitative estimate of drug-likeness (QED) is 0.632. The highest BCUT2D eigenvalue weighted by Crippen LogP contribution is 2.30. The van der Waals surface area contributed by atoms with E-state index in [4.69, 9.17) is 6.42 Å². The molecule has 0 atom stereocenters. The Kier molecular flexibility index (Phi) is 2.47. The van der Waals surface area contributed by atoms with Crippen LogP contribution in [0, 0.1) is 19.3 Å². The monoisotopic (exact) mass is 194 g/mol. The smallest absolute Gasteiger partial charge is 0.0334 e. The number of hydrogen-bond acceptors (Lipinski definition) is 0. The fourth-order valence-electron chi connectivity index (χ4n) is 1.94. The van der Waals surface area contributed by atoms with Crippen molar-refractivity contribution in [1.29, 1.82) is 0 Å². The first-order valence-electron chi connectivity index (χ1n) is 5.12. The number of aryl methyl sites for hydroxylation is 1. The van der Waals surface area contributed by atoms with Crippen LogP contribution in [0.2, 0.25) is 0 Å². The van der Waals surface area contributed by atoms with E-state index in [0.29, 0.717) is 6.42 Å². The molecule has 0 saturated heterocycles. The lowest BCUT2D eigenvalue weighted by atomic mass is 10.0. The molecule has 0 saturated carbocycles. The van der Waals surface area contributed by atoms with Gasteiger partial charge in [-0.25, -0.2) is 0 Å². The molecule has 0 aliphatic heterocycles. The largest absolute Gasteiger partial charge is 0.120 e. The second kappa shape index (κ2) is 3.79. The lowest BCUT2D eigenvalue weighted by Crippen LogP contribution is -1.88. The van der Waals surface area contributed by atoms with Crippen LogP contribution in [0.4, 0.5) is 0 Å². The molecule has 0 amide bonds. The van der Waals surface area contributed by atoms with Gasteiger partial charge in [0.1, 0.15) is 0 Å². The van der Waals surface area contributed by atoms with Crippen LogP contribution in [0.25, 0.3) is 6.08 Å². The van der Waals surface area contributed by atoms with Crippen molar-refractivity contribution in [1.82, 2.24) is 0 Å². The topological polar surface area (TPSA) is 0 Å². The Morgan fingerprint density at radius 1 is 1.53 bits per heavy atom. The molecule has 0 N–H and O–H groups in total. The van der Waals surface area contributed by atoms with Crippen LogP contribution in [-0.2, 0) is 6.42 Å². The van der Waals surface area contributed by atoms with Gasteiger partial charge in [-0.2, -0.15) is 0 Å². The summed E-state index contributed by atoms with van der Waals surface area (Å²) in [6, 6.07) is 6.55. The molecule has 1 aliphatic carbocycles. The zero-order valence-electron chi connectivity index (χ0n) is 9.01. The Balaban J connectivity index is 2.26. The fourth-order valence-corrected chi connectivity index (χ4v) is 1.94. The zero-order valence-corrected chi connectivity index (χ0v) is 9.01. The molecule has 0 fully saturated rings. The maximum Gasteiger partial charge on any atom is 0.0334 e. The Hall–Kier alpha value is -1.74. The zero-order chi connectivity index (χ0) is 10.8. The number of benzene rings is 1. The van der Waals surface area contributed by atoms with Crippen molar-refractivity contribution < 1.29 is 0 Å². The molecule has 1 aromatic rings. The van der Waals surface area contributed by atoms with Gasteiger partial charge in [0, 0.05) is 6.42 Å². The van der Waals surface area contributed by atoms with E-state index in [1.54, 1.807) is 0 Å². The minimum Gasteiger partial charge on any atom is -0.120 e. The van der Waals surface area contributed by atoms with Crippen molar-refractivity contribution in [3.8, 4) is 12.3 Å². The van der Waals surface area contributed by atoms with Crippen LogP contribution < -0.4 is 0 Å². The van der Waals surface area contributed by atoms with Gasteiger partial charge in [-0.05, 0) is 35.6 Å². The summed E-state index contributed by atoms with van der Waals surface area (Å²) >= 11 is 0. The fraction of sp³-hybridized carbons (Fsp3) is 0.200. The van der Waals surface area contributed by atoms with Gasteiger partial charge in [0.05, 0.1) is 0 Å². The summed E-state index contributed by atoms with van der Waals surface area (Å²) in [5, 5.41) is 0. The number of fused-ring (bicyclic) bond motifs is 1. The summed E-state index contributed by atoms with van der Waals surface area (Å²) in [5.74, 6) is 2.64. The van der Waals surface area contributed by atoms with Crippen molar-refractivity contribution in [2.45, 2.75) is 19.8 Å². The van der Waals surface area contributed by atoms with E-state index in [0.717, 1.165) is 12.0 Å². The number of terminal acetylenes is 1. The van der Waals surface area contributed by atoms with Crippen LogP contribution in [-0.4, -0.2) is 0 Å². The van der Waals surface area contributed by atoms with Gasteiger partial charge in [0.25, 0.3) is 0 Å². The number of rotatable bonds is 2. The molecule has 0 heteroatoms. The highest BCUT2D eigenvalue weighted by atomic mass is 14.2. The summed E-state index contributed by atoms with van der Waals surface area (Å²) in [6.07, 6.45) is 9.13. The molecule has 0 aromatic heterocycles. The van der Waals surface area contributed by atoms with E-state index in [1.165, 1.54) is 22.3 Å². The molecule has 15 heavy (non-hydrogen) atoms. The van der Waals surface area contributed by atoms with Crippen LogP contribution in [0.5, 0.6) is 0 Å². The van der Waals surface area contributed by atoms with E-state index in [-0.39, 0.29) is 0 Å². The van der Waals surface area contributed by atoms with Gasteiger partial charge < -0.3 is 0 Å². The van der Waals surface area contributed by atoms with E-state index in [1.807, 2.05) is 0 Å². The van der Waals surface area contributed by atoms with Gasteiger partial charge in [0.2, 0.25) is 0 Å². The summed E-state index contributed by atoms with van der Waals surface area (Å²) in [4.78, 5) is 0. The van der Waals surface area contributed by atoms with Gasteiger partial charge in [-0.15, -0.1) is 12.3 Å². The average molecular weight is 194 g/mol. The van der Waals surface area contributed by atoms with E-state index >= 15 is 0 Å². The first-order valence-corrected chi connectivity index (χ1v) is 5.12. The maximum absolute atomic E-state index is 5.29. The standard InChI is InChI=1S/C15H14/c1-4-5-12(3)14-9-13-7-6-11(2)8-15(13)10-14/h1,6-9H,3,5,10H2,2H3. The third-order valence-corrected chi connectivity index (χ3v) is 2.78. The normalized spacial score (nSPS) is 12.9. The van der Waals surface area contributed by atoms with Crippen molar-refractivity contribution in [3.63, 3.8) is 0 Å². The summed E-state index contributed by atoms with van der Waals surface area (Å²) in [6.45, 7) is 6.14. The van der Waals surface area contributed by atoms with Crippen molar-refractivity contribution >= 4 is 6.08 Å².